The van der Waals surface area contributed by atoms with Crippen LogP contribution in [0.1, 0.15) is 25.7 Å². The van der Waals surface area contributed by atoms with Crippen LogP contribution in [0.3, 0.4) is 0 Å². The number of imidazole rings is 1. The average molecular weight is 380 g/mol. The summed E-state index contributed by atoms with van der Waals surface area (Å²) in [6.07, 6.45) is 13.3. The lowest BCUT2D eigenvalue weighted by Crippen LogP contribution is -2.29. The van der Waals surface area contributed by atoms with E-state index < -0.39 is 0 Å². The number of halogens is 1. The van der Waals surface area contributed by atoms with Crippen molar-refractivity contribution in [1.29, 1.82) is 0 Å². The summed E-state index contributed by atoms with van der Waals surface area (Å²) in [5.41, 5.74) is 2.65. The number of hydrogen-bond acceptors (Lipinski definition) is 5. The molecule has 5 rings (SSSR count). The molecule has 4 aromatic heterocycles. The largest absolute Gasteiger partial charge is 0.381 e. The van der Waals surface area contributed by atoms with Crippen LogP contribution in [0.5, 0.6) is 0 Å². The number of nitrogens with one attached hydrogen (secondary N) is 2. The number of fused-ring (bicyclic) bond motifs is 2. The Morgan fingerprint density at radius 1 is 1.25 bits per heavy atom. The molecule has 1 aliphatic carbocycles. The number of rotatable bonds is 4. The van der Waals surface area contributed by atoms with Gasteiger partial charge in [-0.05, 0) is 31.7 Å². The fourth-order valence-electron chi connectivity index (χ4n) is 3.98. The third-order valence-electron chi connectivity index (χ3n) is 5.53. The minimum atomic E-state index is -0.359. The smallest absolute Gasteiger partial charge is 0.224 e. The van der Waals surface area contributed by atoms with Gasteiger partial charge in [-0.3, -0.25) is 0 Å². The van der Waals surface area contributed by atoms with Crippen LogP contribution < -0.4 is 5.32 Å². The first kappa shape index (κ1) is 17.1. The van der Waals surface area contributed by atoms with Crippen molar-refractivity contribution in [2.24, 2.45) is 0 Å². The Balaban J connectivity index is 1.42. The lowest BCUT2D eigenvalue weighted by Gasteiger charge is -2.28. The van der Waals surface area contributed by atoms with Gasteiger partial charge in [0, 0.05) is 60.6 Å². The van der Waals surface area contributed by atoms with Crippen molar-refractivity contribution < 1.29 is 9.13 Å². The van der Waals surface area contributed by atoms with E-state index in [1.807, 2.05) is 12.4 Å². The molecule has 0 atom stereocenters. The van der Waals surface area contributed by atoms with Crippen LogP contribution in [-0.2, 0) is 4.74 Å². The van der Waals surface area contributed by atoms with Gasteiger partial charge in [-0.1, -0.05) is 0 Å². The van der Waals surface area contributed by atoms with Crippen LogP contribution in [0, 0.1) is 5.82 Å². The van der Waals surface area contributed by atoms with Gasteiger partial charge in [-0.15, -0.1) is 0 Å². The van der Waals surface area contributed by atoms with Crippen LogP contribution in [0.4, 0.5) is 10.3 Å². The molecular weight excluding hydrogens is 359 g/mol. The molecule has 0 aromatic carbocycles. The Hall–Kier alpha value is -3.00. The maximum absolute atomic E-state index is 14.3. The van der Waals surface area contributed by atoms with Crippen LogP contribution in [0.15, 0.2) is 37.1 Å². The molecule has 0 aliphatic heterocycles. The highest BCUT2D eigenvalue weighted by Crippen LogP contribution is 2.29. The predicted octanol–water partition coefficient (Wildman–Crippen LogP) is 3.78. The van der Waals surface area contributed by atoms with E-state index in [4.69, 9.17) is 4.74 Å². The minimum absolute atomic E-state index is 0.314. The maximum Gasteiger partial charge on any atom is 0.224 e. The number of pyridine rings is 1. The molecule has 1 aliphatic rings. The Morgan fingerprint density at radius 2 is 2.11 bits per heavy atom. The summed E-state index contributed by atoms with van der Waals surface area (Å²) in [5, 5.41) is 4.28. The summed E-state index contributed by atoms with van der Waals surface area (Å²) >= 11 is 0. The summed E-state index contributed by atoms with van der Waals surface area (Å²) in [6, 6.07) is 1.85. The number of anilines is 1. The molecular formula is C20H21FN6O. The minimum Gasteiger partial charge on any atom is -0.381 e. The van der Waals surface area contributed by atoms with E-state index in [1.165, 1.54) is 6.07 Å². The summed E-state index contributed by atoms with van der Waals surface area (Å²) < 4.78 is 21.4. The van der Waals surface area contributed by atoms with Crippen molar-refractivity contribution in [3.63, 3.8) is 0 Å². The number of nitrogens with zero attached hydrogens (tertiary/aromatic N) is 4. The van der Waals surface area contributed by atoms with Crippen molar-refractivity contribution in [3.05, 3.63) is 42.9 Å². The van der Waals surface area contributed by atoms with Gasteiger partial charge in [0.05, 0.1) is 6.10 Å². The number of aromatic amines is 1. The third-order valence-corrected chi connectivity index (χ3v) is 5.53. The molecule has 8 heteroatoms. The molecule has 2 N–H and O–H groups in total. The zero-order valence-corrected chi connectivity index (χ0v) is 15.5. The van der Waals surface area contributed by atoms with Crippen LogP contribution in [0.25, 0.3) is 27.8 Å². The zero-order chi connectivity index (χ0) is 19.1. The second kappa shape index (κ2) is 6.87. The normalized spacial score (nSPS) is 20.1. The van der Waals surface area contributed by atoms with Crippen molar-refractivity contribution in [3.8, 4) is 11.1 Å². The van der Waals surface area contributed by atoms with Crippen LogP contribution >= 0.6 is 0 Å². The second-order valence-electron chi connectivity index (χ2n) is 7.25. The van der Waals surface area contributed by atoms with Crippen molar-refractivity contribution in [2.45, 2.75) is 37.8 Å². The fraction of sp³-hybridized carbons (Fsp3) is 0.350. The molecule has 0 radical (unpaired) electrons. The second-order valence-corrected chi connectivity index (χ2v) is 7.25. The molecule has 0 spiro atoms. The van der Waals surface area contributed by atoms with Crippen molar-refractivity contribution in [1.82, 2.24) is 24.3 Å². The SMILES string of the molecule is COC1CCC(Nc2ncc3c(-c4cc(F)c5nccn5c4)c[nH]c3n2)CC1. The molecule has 7 nitrogen and oxygen atoms in total. The van der Waals surface area contributed by atoms with E-state index in [9.17, 15) is 4.39 Å². The maximum atomic E-state index is 14.3. The summed E-state index contributed by atoms with van der Waals surface area (Å²) in [6.45, 7) is 0. The number of aromatic nitrogens is 5. The van der Waals surface area contributed by atoms with Gasteiger partial charge in [0.25, 0.3) is 0 Å². The first-order valence-corrected chi connectivity index (χ1v) is 9.47. The first-order chi connectivity index (χ1) is 13.7. The van der Waals surface area contributed by atoms with Gasteiger partial charge >= 0.3 is 0 Å². The molecule has 0 saturated heterocycles. The highest BCUT2D eigenvalue weighted by molar-refractivity contribution is 5.93. The molecule has 0 bridgehead atoms. The van der Waals surface area contributed by atoms with Gasteiger partial charge in [0.15, 0.2) is 11.5 Å². The molecule has 4 aromatic rings. The van der Waals surface area contributed by atoms with Gasteiger partial charge in [0.2, 0.25) is 5.95 Å². The quantitative estimate of drug-likeness (QED) is 0.563. The monoisotopic (exact) mass is 380 g/mol. The first-order valence-electron chi connectivity index (χ1n) is 9.47. The predicted molar refractivity (Wildman–Crippen MR) is 105 cm³/mol. The fourth-order valence-corrected chi connectivity index (χ4v) is 3.98. The van der Waals surface area contributed by atoms with E-state index in [-0.39, 0.29) is 5.82 Å². The van der Waals surface area contributed by atoms with Crippen LogP contribution in [0.2, 0.25) is 0 Å². The lowest BCUT2D eigenvalue weighted by atomic mass is 9.93. The summed E-state index contributed by atoms with van der Waals surface area (Å²) in [4.78, 5) is 16.3. The molecule has 1 fully saturated rings. The molecule has 144 valence electrons. The standard InChI is InChI=1S/C20H21FN6O/c1-28-14-4-2-13(3-5-14)25-20-24-10-16-15(9-23-18(16)26-20)12-8-17(21)19-22-6-7-27(19)11-12/h6-11,13-14H,2-5H2,1H3,(H2,23,24,25,26). The Labute approximate surface area is 161 Å². The van der Waals surface area contributed by atoms with Gasteiger partial charge in [0.1, 0.15) is 5.65 Å². The zero-order valence-electron chi connectivity index (χ0n) is 15.5. The molecule has 1 saturated carbocycles. The van der Waals surface area contributed by atoms with E-state index in [0.717, 1.165) is 47.8 Å². The summed E-state index contributed by atoms with van der Waals surface area (Å²) in [5.74, 6) is 0.251. The van der Waals surface area contributed by atoms with E-state index in [1.54, 1.807) is 30.1 Å². The van der Waals surface area contributed by atoms with E-state index >= 15 is 0 Å². The van der Waals surface area contributed by atoms with Crippen molar-refractivity contribution >= 4 is 22.6 Å². The van der Waals surface area contributed by atoms with Gasteiger partial charge < -0.3 is 19.4 Å². The molecule has 4 heterocycles. The molecule has 28 heavy (non-hydrogen) atoms. The summed E-state index contributed by atoms with van der Waals surface area (Å²) in [7, 11) is 1.77. The number of hydrogen-bond donors (Lipinski definition) is 2. The highest BCUT2D eigenvalue weighted by atomic mass is 19.1. The number of methoxy groups -OCH3 is 1. The third kappa shape index (κ3) is 2.99. The van der Waals surface area contributed by atoms with Gasteiger partial charge in [-0.25, -0.2) is 14.4 Å². The molecule has 0 amide bonds. The van der Waals surface area contributed by atoms with Gasteiger partial charge in [-0.2, -0.15) is 4.98 Å². The Morgan fingerprint density at radius 3 is 2.93 bits per heavy atom. The topological polar surface area (TPSA) is 80.1 Å². The lowest BCUT2D eigenvalue weighted by molar-refractivity contribution is 0.0681. The Bertz CT molecular complexity index is 1130. The Kier molecular flexibility index (Phi) is 4.20. The number of H-pyrrole nitrogens is 1. The highest BCUT2D eigenvalue weighted by Gasteiger charge is 2.21. The molecule has 0 unspecified atom stereocenters. The van der Waals surface area contributed by atoms with Crippen LogP contribution in [-0.4, -0.2) is 43.6 Å². The average Bonchev–Trinajstić information content (AvgIpc) is 3.35. The van der Waals surface area contributed by atoms with E-state index in [2.05, 4.69) is 25.3 Å². The number of ether oxygens (including phenoxy) is 1. The van der Waals surface area contributed by atoms with E-state index in [0.29, 0.717) is 23.7 Å². The van der Waals surface area contributed by atoms with Crippen molar-refractivity contribution in [2.75, 3.05) is 12.4 Å².